The summed E-state index contributed by atoms with van der Waals surface area (Å²) < 4.78 is 5.89. The SMILES string of the molecule is CN[C@@H]1CCN(c2nc(N)nc3c2CCOc2cc(Cl)ccc2-3)C1. The molecule has 0 aliphatic carbocycles. The fourth-order valence-corrected chi connectivity index (χ4v) is 3.63. The Morgan fingerprint density at radius 1 is 1.38 bits per heavy atom. The maximum atomic E-state index is 6.10. The van der Waals surface area contributed by atoms with Crippen molar-refractivity contribution in [2.45, 2.75) is 18.9 Å². The summed E-state index contributed by atoms with van der Waals surface area (Å²) in [6, 6.07) is 6.10. The molecule has 2 aliphatic heterocycles. The van der Waals surface area contributed by atoms with Gasteiger partial charge in [-0.1, -0.05) is 11.6 Å². The van der Waals surface area contributed by atoms with Gasteiger partial charge in [0.1, 0.15) is 11.6 Å². The summed E-state index contributed by atoms with van der Waals surface area (Å²) in [4.78, 5) is 11.4. The van der Waals surface area contributed by atoms with Crippen LogP contribution in [0.25, 0.3) is 11.3 Å². The summed E-state index contributed by atoms with van der Waals surface area (Å²) in [5.41, 5.74) is 8.90. The van der Waals surface area contributed by atoms with Gasteiger partial charge in [-0.15, -0.1) is 0 Å². The predicted octanol–water partition coefficient (Wildman–Crippen LogP) is 2.11. The number of benzene rings is 1. The number of halogens is 1. The topological polar surface area (TPSA) is 76.3 Å². The smallest absolute Gasteiger partial charge is 0.222 e. The number of fused-ring (bicyclic) bond motifs is 3. The third kappa shape index (κ3) is 2.65. The Bertz CT molecular complexity index is 782. The van der Waals surface area contributed by atoms with E-state index in [4.69, 9.17) is 22.1 Å². The first-order chi connectivity index (χ1) is 11.7. The van der Waals surface area contributed by atoms with E-state index in [9.17, 15) is 0 Å². The Balaban J connectivity index is 1.83. The monoisotopic (exact) mass is 345 g/mol. The minimum atomic E-state index is 0.291. The van der Waals surface area contributed by atoms with Gasteiger partial charge in [0.25, 0.3) is 0 Å². The zero-order chi connectivity index (χ0) is 16.7. The van der Waals surface area contributed by atoms with E-state index in [2.05, 4.69) is 20.2 Å². The molecule has 6 nitrogen and oxygen atoms in total. The highest BCUT2D eigenvalue weighted by Crippen LogP contribution is 2.39. The first-order valence-electron chi connectivity index (χ1n) is 8.17. The highest BCUT2D eigenvalue weighted by molar-refractivity contribution is 6.30. The number of rotatable bonds is 2. The Kier molecular flexibility index (Phi) is 3.94. The van der Waals surface area contributed by atoms with Crippen LogP contribution in [-0.2, 0) is 6.42 Å². The van der Waals surface area contributed by atoms with Crippen molar-refractivity contribution in [3.05, 3.63) is 28.8 Å². The standard InChI is InChI=1S/C17H20ClN5O/c1-20-11-4-6-23(9-11)16-13-5-7-24-14-8-10(18)2-3-12(14)15(13)21-17(19)22-16/h2-3,8,11,20H,4-7,9H2,1H3,(H2,19,21,22)/t11-/m1/s1. The maximum Gasteiger partial charge on any atom is 0.222 e. The number of nitrogens with two attached hydrogens (primary N) is 1. The third-order valence-electron chi connectivity index (χ3n) is 4.71. The van der Waals surface area contributed by atoms with E-state index in [1.54, 1.807) is 0 Å². The molecule has 1 fully saturated rings. The third-order valence-corrected chi connectivity index (χ3v) is 4.94. The lowest BCUT2D eigenvalue weighted by Crippen LogP contribution is -2.30. The van der Waals surface area contributed by atoms with Crippen LogP contribution in [0.1, 0.15) is 12.0 Å². The molecule has 24 heavy (non-hydrogen) atoms. The van der Waals surface area contributed by atoms with Gasteiger partial charge in [0.05, 0.1) is 12.3 Å². The molecule has 1 aromatic carbocycles. The number of likely N-dealkylation sites (N-methyl/N-ethyl adjacent to an activating group) is 1. The summed E-state index contributed by atoms with van der Waals surface area (Å²) >= 11 is 6.10. The van der Waals surface area contributed by atoms with Crippen molar-refractivity contribution in [1.29, 1.82) is 0 Å². The number of hydrogen-bond acceptors (Lipinski definition) is 6. The second kappa shape index (κ2) is 6.11. The van der Waals surface area contributed by atoms with Crippen LogP contribution in [0.4, 0.5) is 11.8 Å². The number of nitrogens with zero attached hydrogens (tertiary/aromatic N) is 3. The number of ether oxygens (including phenoxy) is 1. The molecule has 7 heteroatoms. The maximum absolute atomic E-state index is 6.10. The van der Waals surface area contributed by atoms with Crippen molar-refractivity contribution in [3.8, 4) is 17.0 Å². The van der Waals surface area contributed by atoms with Gasteiger partial charge in [-0.2, -0.15) is 4.98 Å². The first-order valence-corrected chi connectivity index (χ1v) is 8.55. The minimum Gasteiger partial charge on any atom is -0.492 e. The van der Waals surface area contributed by atoms with Crippen LogP contribution in [0.5, 0.6) is 5.75 Å². The molecule has 0 spiro atoms. The molecule has 1 aromatic heterocycles. The lowest BCUT2D eigenvalue weighted by atomic mass is 10.0. The highest BCUT2D eigenvalue weighted by atomic mass is 35.5. The molecule has 0 radical (unpaired) electrons. The van der Waals surface area contributed by atoms with E-state index in [0.29, 0.717) is 23.6 Å². The van der Waals surface area contributed by atoms with Crippen LogP contribution in [0, 0.1) is 0 Å². The number of aromatic nitrogens is 2. The number of nitrogens with one attached hydrogen (secondary N) is 1. The Labute approximate surface area is 146 Å². The van der Waals surface area contributed by atoms with E-state index in [-0.39, 0.29) is 0 Å². The normalized spacial score (nSPS) is 19.4. The van der Waals surface area contributed by atoms with Crippen LogP contribution in [0.2, 0.25) is 5.02 Å². The Hall–Kier alpha value is -2.05. The molecule has 1 saturated heterocycles. The van der Waals surface area contributed by atoms with Gasteiger partial charge in [-0.25, -0.2) is 4.98 Å². The Morgan fingerprint density at radius 3 is 3.04 bits per heavy atom. The van der Waals surface area contributed by atoms with E-state index in [1.807, 2.05) is 25.2 Å². The molecule has 0 unspecified atom stereocenters. The van der Waals surface area contributed by atoms with Crippen LogP contribution in [0.15, 0.2) is 18.2 Å². The van der Waals surface area contributed by atoms with Gasteiger partial charge >= 0.3 is 0 Å². The molecule has 0 bridgehead atoms. The van der Waals surface area contributed by atoms with Crippen LogP contribution >= 0.6 is 11.6 Å². The van der Waals surface area contributed by atoms with Crippen LogP contribution < -0.4 is 20.7 Å². The first kappa shape index (κ1) is 15.5. The van der Waals surface area contributed by atoms with Crippen molar-refractivity contribution in [2.75, 3.05) is 37.4 Å². The molecule has 2 aliphatic rings. The minimum absolute atomic E-state index is 0.291. The van der Waals surface area contributed by atoms with Crippen molar-refractivity contribution < 1.29 is 4.74 Å². The summed E-state index contributed by atoms with van der Waals surface area (Å²) in [5.74, 6) is 1.97. The summed E-state index contributed by atoms with van der Waals surface area (Å²) in [7, 11) is 2.00. The summed E-state index contributed by atoms with van der Waals surface area (Å²) in [5, 5.41) is 3.99. The second-order valence-electron chi connectivity index (χ2n) is 6.19. The number of nitrogen functional groups attached to an aromatic ring is 1. The zero-order valence-corrected chi connectivity index (χ0v) is 14.3. The van der Waals surface area contributed by atoms with E-state index in [1.165, 1.54) is 0 Å². The molecular formula is C17H20ClN5O. The average molecular weight is 346 g/mol. The molecule has 1 atom stereocenters. The second-order valence-corrected chi connectivity index (χ2v) is 6.63. The molecule has 2 aromatic rings. The largest absolute Gasteiger partial charge is 0.492 e. The molecule has 3 heterocycles. The van der Waals surface area contributed by atoms with Crippen molar-refractivity contribution in [1.82, 2.24) is 15.3 Å². The van der Waals surface area contributed by atoms with Crippen molar-refractivity contribution in [2.24, 2.45) is 0 Å². The zero-order valence-electron chi connectivity index (χ0n) is 13.6. The van der Waals surface area contributed by atoms with Gasteiger partial charge in [0.2, 0.25) is 5.95 Å². The van der Waals surface area contributed by atoms with E-state index < -0.39 is 0 Å². The van der Waals surface area contributed by atoms with Gasteiger partial charge < -0.3 is 20.7 Å². The fraction of sp³-hybridized carbons (Fsp3) is 0.412. The highest BCUT2D eigenvalue weighted by Gasteiger charge is 2.28. The molecule has 3 N–H and O–H groups in total. The summed E-state index contributed by atoms with van der Waals surface area (Å²) in [6.07, 6.45) is 1.84. The molecule has 0 amide bonds. The molecule has 0 saturated carbocycles. The van der Waals surface area contributed by atoms with Crippen molar-refractivity contribution in [3.63, 3.8) is 0 Å². The predicted molar refractivity (Wildman–Crippen MR) is 95.8 cm³/mol. The lowest BCUT2D eigenvalue weighted by molar-refractivity contribution is 0.326. The molecular weight excluding hydrogens is 326 g/mol. The quantitative estimate of drug-likeness (QED) is 0.868. The molecule has 126 valence electrons. The molecule has 4 rings (SSSR count). The van der Waals surface area contributed by atoms with E-state index in [0.717, 1.165) is 54.3 Å². The number of hydrogen-bond donors (Lipinski definition) is 2. The number of anilines is 2. The van der Waals surface area contributed by atoms with Gasteiger partial charge in [-0.05, 0) is 31.7 Å². The van der Waals surface area contributed by atoms with Gasteiger partial charge in [0, 0.05) is 41.7 Å². The average Bonchev–Trinajstić information content (AvgIpc) is 2.97. The van der Waals surface area contributed by atoms with Crippen LogP contribution in [-0.4, -0.2) is 42.8 Å². The Morgan fingerprint density at radius 2 is 2.25 bits per heavy atom. The fourth-order valence-electron chi connectivity index (χ4n) is 3.47. The summed E-state index contributed by atoms with van der Waals surface area (Å²) in [6.45, 7) is 2.46. The lowest BCUT2D eigenvalue weighted by Gasteiger charge is -2.22. The van der Waals surface area contributed by atoms with E-state index >= 15 is 0 Å². The van der Waals surface area contributed by atoms with Gasteiger partial charge in [-0.3, -0.25) is 0 Å². The van der Waals surface area contributed by atoms with Gasteiger partial charge in [0.15, 0.2) is 0 Å². The van der Waals surface area contributed by atoms with Crippen LogP contribution in [0.3, 0.4) is 0 Å². The van der Waals surface area contributed by atoms with Crippen molar-refractivity contribution >= 4 is 23.4 Å².